The number of thiophene rings is 1. The molecule has 0 saturated heterocycles. The maximum atomic E-state index is 12.4. The Morgan fingerprint density at radius 1 is 1.18 bits per heavy atom. The number of aryl methyl sites for hydroxylation is 1. The van der Waals surface area contributed by atoms with Crippen LogP contribution in [-0.4, -0.2) is 22.9 Å². The number of fused-ring (bicyclic) bond motifs is 1. The minimum atomic E-state index is -0.988. The summed E-state index contributed by atoms with van der Waals surface area (Å²) >= 11 is 1.16. The normalized spacial score (nSPS) is 11.8. The van der Waals surface area contributed by atoms with Crippen LogP contribution in [0.2, 0.25) is 0 Å². The van der Waals surface area contributed by atoms with Gasteiger partial charge in [0.15, 0.2) is 6.10 Å². The number of ether oxygens (including phenoxy) is 1. The van der Waals surface area contributed by atoms with Crippen molar-refractivity contribution >= 4 is 44.7 Å². The van der Waals surface area contributed by atoms with Gasteiger partial charge in [0, 0.05) is 27.9 Å². The number of nitrogens with zero attached hydrogens (tertiary/aromatic N) is 1. The summed E-state index contributed by atoms with van der Waals surface area (Å²) in [6.07, 6.45) is -0.0847. The molecule has 2 aromatic carbocycles. The van der Waals surface area contributed by atoms with E-state index in [-0.39, 0.29) is 10.6 Å². The second kappa shape index (κ2) is 8.18. The van der Waals surface area contributed by atoms with Crippen LogP contribution in [0.15, 0.2) is 48.5 Å². The summed E-state index contributed by atoms with van der Waals surface area (Å²) in [7, 11) is 0. The van der Waals surface area contributed by atoms with Crippen molar-refractivity contribution in [3.05, 3.63) is 69.1 Å². The number of rotatable bonds is 6. The van der Waals surface area contributed by atoms with Gasteiger partial charge in [0.1, 0.15) is 4.88 Å². The molecule has 0 unspecified atom stereocenters. The van der Waals surface area contributed by atoms with E-state index >= 15 is 0 Å². The number of anilines is 1. The van der Waals surface area contributed by atoms with Crippen molar-refractivity contribution in [1.82, 2.24) is 0 Å². The molecule has 144 valence electrons. The zero-order valence-electron chi connectivity index (χ0n) is 15.3. The number of hydrogen-bond acceptors (Lipinski definition) is 6. The van der Waals surface area contributed by atoms with Crippen LogP contribution < -0.4 is 5.32 Å². The number of non-ortho nitro benzene ring substituents is 1. The third-order valence-electron chi connectivity index (χ3n) is 4.19. The van der Waals surface area contributed by atoms with E-state index in [1.807, 2.05) is 19.1 Å². The van der Waals surface area contributed by atoms with Gasteiger partial charge in [0.2, 0.25) is 0 Å². The minimum Gasteiger partial charge on any atom is -0.448 e. The lowest BCUT2D eigenvalue weighted by Gasteiger charge is -2.13. The van der Waals surface area contributed by atoms with E-state index in [1.165, 1.54) is 25.1 Å². The average molecular weight is 398 g/mol. The molecule has 0 aliphatic rings. The second-order valence-corrected chi connectivity index (χ2v) is 7.26. The van der Waals surface area contributed by atoms with E-state index in [4.69, 9.17) is 4.74 Å². The first-order valence-electron chi connectivity index (χ1n) is 8.66. The van der Waals surface area contributed by atoms with Gasteiger partial charge in [-0.1, -0.05) is 19.1 Å². The molecule has 8 heteroatoms. The molecule has 0 spiro atoms. The molecule has 7 nitrogen and oxygen atoms in total. The van der Waals surface area contributed by atoms with E-state index in [2.05, 4.69) is 5.32 Å². The summed E-state index contributed by atoms with van der Waals surface area (Å²) in [5, 5.41) is 14.2. The quantitative estimate of drug-likeness (QED) is 0.373. The van der Waals surface area contributed by atoms with Crippen molar-refractivity contribution in [3.8, 4) is 0 Å². The lowest BCUT2D eigenvalue weighted by molar-refractivity contribution is -0.384. The van der Waals surface area contributed by atoms with E-state index in [1.54, 1.807) is 18.2 Å². The lowest BCUT2D eigenvalue weighted by atomic mass is 10.1. The fraction of sp³-hybridized carbons (Fsp3) is 0.200. The molecule has 0 aliphatic heterocycles. The summed E-state index contributed by atoms with van der Waals surface area (Å²) in [6.45, 7) is 3.53. The van der Waals surface area contributed by atoms with Crippen molar-refractivity contribution in [2.45, 2.75) is 26.4 Å². The van der Waals surface area contributed by atoms with Crippen LogP contribution in [0, 0.1) is 10.1 Å². The maximum Gasteiger partial charge on any atom is 0.349 e. The van der Waals surface area contributed by atoms with Gasteiger partial charge in [0.05, 0.1) is 4.92 Å². The average Bonchev–Trinajstić information content (AvgIpc) is 3.12. The molecule has 0 fully saturated rings. The van der Waals surface area contributed by atoms with E-state index in [0.717, 1.165) is 28.0 Å². The standard InChI is InChI=1S/C20H18N2O5S/c1-3-13-4-6-15(7-5-13)21-19(23)12(2)27-20(24)18-11-14-10-16(22(25)26)8-9-17(14)28-18/h4-12H,3H2,1-2H3,(H,21,23)/t12-/m1/s1. The predicted octanol–water partition coefficient (Wildman–Crippen LogP) is 4.56. The number of esters is 1. The minimum absolute atomic E-state index is 0.0490. The smallest absolute Gasteiger partial charge is 0.349 e. The molecule has 1 atom stereocenters. The van der Waals surface area contributed by atoms with Crippen molar-refractivity contribution in [3.63, 3.8) is 0 Å². The number of nitro benzene ring substituents is 1. The van der Waals surface area contributed by atoms with Crippen LogP contribution in [0.3, 0.4) is 0 Å². The third-order valence-corrected chi connectivity index (χ3v) is 5.29. The topological polar surface area (TPSA) is 98.5 Å². The summed E-state index contributed by atoms with van der Waals surface area (Å²) in [4.78, 5) is 35.3. The van der Waals surface area contributed by atoms with Crippen molar-refractivity contribution in [2.75, 3.05) is 5.32 Å². The lowest BCUT2D eigenvalue weighted by Crippen LogP contribution is -2.29. The van der Waals surface area contributed by atoms with Crippen LogP contribution >= 0.6 is 11.3 Å². The first kappa shape index (κ1) is 19.5. The van der Waals surface area contributed by atoms with Crippen LogP contribution in [0.5, 0.6) is 0 Å². The predicted molar refractivity (Wildman–Crippen MR) is 108 cm³/mol. The Morgan fingerprint density at radius 2 is 1.89 bits per heavy atom. The van der Waals surface area contributed by atoms with Gasteiger partial charge in [-0.05, 0) is 43.2 Å². The van der Waals surface area contributed by atoms with Crippen LogP contribution in [0.1, 0.15) is 29.1 Å². The largest absolute Gasteiger partial charge is 0.448 e. The zero-order chi connectivity index (χ0) is 20.3. The highest BCUT2D eigenvalue weighted by Crippen LogP contribution is 2.29. The van der Waals surface area contributed by atoms with Gasteiger partial charge in [-0.15, -0.1) is 11.3 Å². The first-order valence-corrected chi connectivity index (χ1v) is 9.48. The monoisotopic (exact) mass is 398 g/mol. The number of hydrogen-bond donors (Lipinski definition) is 1. The Labute approximate surface area is 165 Å². The fourth-order valence-electron chi connectivity index (χ4n) is 2.58. The molecule has 1 aromatic heterocycles. The summed E-state index contributed by atoms with van der Waals surface area (Å²) in [5.41, 5.74) is 1.73. The molecule has 1 amide bonds. The van der Waals surface area contributed by atoms with Gasteiger partial charge in [0.25, 0.3) is 11.6 Å². The molecule has 3 rings (SSSR count). The van der Waals surface area contributed by atoms with Gasteiger partial charge in [-0.25, -0.2) is 4.79 Å². The number of amides is 1. The first-order chi connectivity index (χ1) is 13.4. The summed E-state index contributed by atoms with van der Waals surface area (Å²) < 4.78 is 5.98. The molecule has 3 aromatic rings. The zero-order valence-corrected chi connectivity index (χ0v) is 16.1. The SMILES string of the molecule is CCc1ccc(NC(=O)[C@@H](C)OC(=O)c2cc3cc([N+](=O)[O-])ccc3s2)cc1. The Hall–Kier alpha value is -3.26. The fourth-order valence-corrected chi connectivity index (χ4v) is 3.51. The Bertz CT molecular complexity index is 1040. The number of nitro groups is 1. The molecule has 1 N–H and O–H groups in total. The van der Waals surface area contributed by atoms with Gasteiger partial charge < -0.3 is 10.1 Å². The summed E-state index contributed by atoms with van der Waals surface area (Å²) in [6, 6.07) is 13.3. The second-order valence-electron chi connectivity index (χ2n) is 6.18. The number of benzene rings is 2. The molecular formula is C20H18N2O5S. The van der Waals surface area contributed by atoms with Crippen LogP contribution in [0.4, 0.5) is 11.4 Å². The van der Waals surface area contributed by atoms with Gasteiger partial charge >= 0.3 is 5.97 Å². The Balaban J connectivity index is 1.66. The Kier molecular flexibility index (Phi) is 5.70. The van der Waals surface area contributed by atoms with Crippen LogP contribution in [-0.2, 0) is 16.0 Å². The summed E-state index contributed by atoms with van der Waals surface area (Å²) in [5.74, 6) is -1.08. The highest BCUT2D eigenvalue weighted by molar-refractivity contribution is 7.20. The highest BCUT2D eigenvalue weighted by atomic mass is 32.1. The van der Waals surface area contributed by atoms with Gasteiger partial charge in [-0.2, -0.15) is 0 Å². The number of nitrogens with one attached hydrogen (secondary N) is 1. The molecular weight excluding hydrogens is 380 g/mol. The molecule has 0 radical (unpaired) electrons. The van der Waals surface area contributed by atoms with E-state index < -0.39 is 22.9 Å². The maximum absolute atomic E-state index is 12.4. The van der Waals surface area contributed by atoms with Crippen molar-refractivity contribution in [1.29, 1.82) is 0 Å². The van der Waals surface area contributed by atoms with Crippen molar-refractivity contribution in [2.24, 2.45) is 0 Å². The van der Waals surface area contributed by atoms with E-state index in [9.17, 15) is 19.7 Å². The Morgan fingerprint density at radius 3 is 2.54 bits per heavy atom. The number of carbonyl (C=O) groups excluding carboxylic acids is 2. The molecule has 1 heterocycles. The highest BCUT2D eigenvalue weighted by Gasteiger charge is 2.21. The molecule has 0 saturated carbocycles. The molecule has 0 aliphatic carbocycles. The van der Waals surface area contributed by atoms with Crippen LogP contribution in [0.25, 0.3) is 10.1 Å². The molecule has 28 heavy (non-hydrogen) atoms. The number of carbonyl (C=O) groups is 2. The van der Waals surface area contributed by atoms with E-state index in [0.29, 0.717) is 11.1 Å². The third kappa shape index (κ3) is 4.34. The molecule has 0 bridgehead atoms. The van der Waals surface area contributed by atoms with Gasteiger partial charge in [-0.3, -0.25) is 14.9 Å². The van der Waals surface area contributed by atoms with Crippen molar-refractivity contribution < 1.29 is 19.2 Å².